The molecule has 1 aliphatic rings. The van der Waals surface area contributed by atoms with Crippen LogP contribution in [0, 0.1) is 6.92 Å². The summed E-state index contributed by atoms with van der Waals surface area (Å²) in [6, 6.07) is 8.37. The van der Waals surface area contributed by atoms with E-state index in [2.05, 4.69) is 28.2 Å². The van der Waals surface area contributed by atoms with Gasteiger partial charge in [0.15, 0.2) is 0 Å². The van der Waals surface area contributed by atoms with Gasteiger partial charge in [-0.05, 0) is 36.8 Å². The standard InChI is InChI=1S/C15H16N2O/c1-10-9-16-15(18)17-14(10)13-8-3-2-7-12(13)11-5-4-6-11/h2-3,7-9,11H,4-6H2,1H3,(H,16,17,18). The van der Waals surface area contributed by atoms with Crippen LogP contribution in [0.3, 0.4) is 0 Å². The van der Waals surface area contributed by atoms with E-state index in [1.54, 1.807) is 6.20 Å². The number of rotatable bonds is 2. The summed E-state index contributed by atoms with van der Waals surface area (Å²) in [4.78, 5) is 18.0. The Morgan fingerprint density at radius 2 is 2.06 bits per heavy atom. The van der Waals surface area contributed by atoms with Crippen LogP contribution in [0.15, 0.2) is 35.3 Å². The van der Waals surface area contributed by atoms with Crippen LogP contribution in [0.1, 0.15) is 36.3 Å². The molecule has 3 rings (SSSR count). The van der Waals surface area contributed by atoms with E-state index in [1.807, 2.05) is 13.0 Å². The molecular weight excluding hydrogens is 224 g/mol. The lowest BCUT2D eigenvalue weighted by atomic mass is 9.77. The van der Waals surface area contributed by atoms with Gasteiger partial charge in [-0.3, -0.25) is 0 Å². The largest absolute Gasteiger partial charge is 0.345 e. The van der Waals surface area contributed by atoms with Crippen molar-refractivity contribution in [2.45, 2.75) is 32.1 Å². The van der Waals surface area contributed by atoms with E-state index in [4.69, 9.17) is 0 Å². The Morgan fingerprint density at radius 1 is 1.28 bits per heavy atom. The Kier molecular flexibility index (Phi) is 2.74. The number of hydrogen-bond donors (Lipinski definition) is 1. The summed E-state index contributed by atoms with van der Waals surface area (Å²) < 4.78 is 0. The van der Waals surface area contributed by atoms with Crippen molar-refractivity contribution in [3.8, 4) is 11.3 Å². The number of aromatic amines is 1. The van der Waals surface area contributed by atoms with Gasteiger partial charge in [-0.15, -0.1) is 0 Å². The molecule has 1 heterocycles. The third kappa shape index (κ3) is 1.86. The van der Waals surface area contributed by atoms with Crippen LogP contribution in [0.25, 0.3) is 11.3 Å². The molecule has 0 amide bonds. The van der Waals surface area contributed by atoms with Crippen molar-refractivity contribution in [1.82, 2.24) is 9.97 Å². The Labute approximate surface area is 106 Å². The summed E-state index contributed by atoms with van der Waals surface area (Å²) in [6.45, 7) is 1.98. The highest BCUT2D eigenvalue weighted by atomic mass is 16.1. The topological polar surface area (TPSA) is 45.8 Å². The van der Waals surface area contributed by atoms with Crippen LogP contribution in [-0.4, -0.2) is 9.97 Å². The molecule has 1 aliphatic carbocycles. The summed E-state index contributed by atoms with van der Waals surface area (Å²) in [7, 11) is 0. The Balaban J connectivity index is 2.16. The SMILES string of the molecule is Cc1cnc(=O)[nH]c1-c1ccccc1C1CCC1. The molecule has 1 aromatic carbocycles. The van der Waals surface area contributed by atoms with Crippen molar-refractivity contribution in [3.63, 3.8) is 0 Å². The van der Waals surface area contributed by atoms with Gasteiger partial charge in [0, 0.05) is 11.8 Å². The minimum absolute atomic E-state index is 0.279. The highest BCUT2D eigenvalue weighted by Gasteiger charge is 2.22. The van der Waals surface area contributed by atoms with Crippen molar-refractivity contribution >= 4 is 0 Å². The first-order chi connectivity index (χ1) is 8.75. The molecule has 3 heteroatoms. The second-order valence-electron chi connectivity index (χ2n) is 4.96. The van der Waals surface area contributed by atoms with Crippen molar-refractivity contribution < 1.29 is 0 Å². The van der Waals surface area contributed by atoms with E-state index in [-0.39, 0.29) is 5.69 Å². The van der Waals surface area contributed by atoms with Gasteiger partial charge in [-0.25, -0.2) is 9.78 Å². The molecule has 0 radical (unpaired) electrons. The first-order valence-corrected chi connectivity index (χ1v) is 6.41. The predicted octanol–water partition coefficient (Wildman–Crippen LogP) is 3.01. The third-order valence-electron chi connectivity index (χ3n) is 3.78. The van der Waals surface area contributed by atoms with Crippen LogP contribution >= 0.6 is 0 Å². The monoisotopic (exact) mass is 240 g/mol. The van der Waals surface area contributed by atoms with Crippen LogP contribution in [0.2, 0.25) is 0 Å². The Bertz CT molecular complexity index is 626. The minimum Gasteiger partial charge on any atom is -0.305 e. The molecule has 1 fully saturated rings. The first kappa shape index (κ1) is 11.2. The maximum Gasteiger partial charge on any atom is 0.345 e. The number of aryl methyl sites for hydroxylation is 1. The average Bonchev–Trinajstić information content (AvgIpc) is 2.31. The first-order valence-electron chi connectivity index (χ1n) is 6.41. The molecule has 3 nitrogen and oxygen atoms in total. The molecule has 0 unspecified atom stereocenters. The van der Waals surface area contributed by atoms with Gasteiger partial charge in [0.05, 0.1) is 5.69 Å². The summed E-state index contributed by atoms with van der Waals surface area (Å²) in [5.41, 5.74) is 4.16. The second kappa shape index (κ2) is 4.41. The van der Waals surface area contributed by atoms with E-state index in [0.717, 1.165) is 16.8 Å². The fraction of sp³-hybridized carbons (Fsp3) is 0.333. The van der Waals surface area contributed by atoms with Gasteiger partial charge in [0.2, 0.25) is 0 Å². The number of nitrogens with one attached hydrogen (secondary N) is 1. The lowest BCUT2D eigenvalue weighted by Crippen LogP contribution is -2.14. The van der Waals surface area contributed by atoms with Crippen LogP contribution < -0.4 is 5.69 Å². The normalized spacial score (nSPS) is 15.4. The summed E-state index contributed by atoms with van der Waals surface area (Å²) in [6.07, 6.45) is 5.47. The third-order valence-corrected chi connectivity index (χ3v) is 3.78. The zero-order chi connectivity index (χ0) is 12.5. The molecule has 92 valence electrons. The molecule has 18 heavy (non-hydrogen) atoms. The lowest BCUT2D eigenvalue weighted by molar-refractivity contribution is 0.420. The highest BCUT2D eigenvalue weighted by molar-refractivity contribution is 5.67. The molecule has 0 spiro atoms. The number of H-pyrrole nitrogens is 1. The molecular formula is C15H16N2O. The van der Waals surface area contributed by atoms with Crippen molar-refractivity contribution in [2.75, 3.05) is 0 Å². The van der Waals surface area contributed by atoms with E-state index in [9.17, 15) is 4.79 Å². The fourth-order valence-corrected chi connectivity index (χ4v) is 2.54. The molecule has 1 N–H and O–H groups in total. The number of nitrogens with zero attached hydrogens (tertiary/aromatic N) is 1. The van der Waals surface area contributed by atoms with Gasteiger partial charge < -0.3 is 4.98 Å². The van der Waals surface area contributed by atoms with Crippen LogP contribution in [-0.2, 0) is 0 Å². The maximum atomic E-state index is 11.4. The fourth-order valence-electron chi connectivity index (χ4n) is 2.54. The van der Waals surface area contributed by atoms with Crippen LogP contribution in [0.4, 0.5) is 0 Å². The minimum atomic E-state index is -0.279. The van der Waals surface area contributed by atoms with Gasteiger partial charge in [-0.2, -0.15) is 0 Å². The molecule has 0 aliphatic heterocycles. The molecule has 2 aromatic rings. The van der Waals surface area contributed by atoms with Crippen molar-refractivity contribution in [1.29, 1.82) is 0 Å². The summed E-state index contributed by atoms with van der Waals surface area (Å²) >= 11 is 0. The molecule has 0 saturated heterocycles. The number of hydrogen-bond acceptors (Lipinski definition) is 2. The number of aromatic nitrogens is 2. The average molecular weight is 240 g/mol. The molecule has 1 aromatic heterocycles. The quantitative estimate of drug-likeness (QED) is 0.877. The smallest absolute Gasteiger partial charge is 0.305 e. The van der Waals surface area contributed by atoms with Crippen molar-refractivity contribution in [3.05, 3.63) is 52.1 Å². The predicted molar refractivity (Wildman–Crippen MR) is 71.6 cm³/mol. The molecule has 1 saturated carbocycles. The van der Waals surface area contributed by atoms with Gasteiger partial charge in [-0.1, -0.05) is 30.7 Å². The zero-order valence-corrected chi connectivity index (χ0v) is 10.4. The summed E-state index contributed by atoms with van der Waals surface area (Å²) in [5.74, 6) is 0.650. The molecule has 0 atom stereocenters. The maximum absolute atomic E-state index is 11.4. The van der Waals surface area contributed by atoms with Gasteiger partial charge in [0.25, 0.3) is 0 Å². The Hall–Kier alpha value is -1.90. The van der Waals surface area contributed by atoms with E-state index >= 15 is 0 Å². The second-order valence-corrected chi connectivity index (χ2v) is 4.96. The van der Waals surface area contributed by atoms with E-state index in [1.165, 1.54) is 24.8 Å². The summed E-state index contributed by atoms with van der Waals surface area (Å²) in [5, 5.41) is 0. The van der Waals surface area contributed by atoms with Crippen LogP contribution in [0.5, 0.6) is 0 Å². The number of benzene rings is 1. The van der Waals surface area contributed by atoms with E-state index < -0.39 is 0 Å². The van der Waals surface area contributed by atoms with E-state index in [0.29, 0.717) is 5.92 Å². The van der Waals surface area contributed by atoms with Crippen molar-refractivity contribution in [2.24, 2.45) is 0 Å². The lowest BCUT2D eigenvalue weighted by Gasteiger charge is -2.28. The molecule has 0 bridgehead atoms. The zero-order valence-electron chi connectivity index (χ0n) is 10.4. The Morgan fingerprint density at radius 3 is 2.78 bits per heavy atom. The van der Waals surface area contributed by atoms with Gasteiger partial charge in [0.1, 0.15) is 0 Å². The highest BCUT2D eigenvalue weighted by Crippen LogP contribution is 2.40. The van der Waals surface area contributed by atoms with Gasteiger partial charge >= 0.3 is 5.69 Å².